The van der Waals surface area contributed by atoms with Crippen LogP contribution in [-0.4, -0.2) is 26.1 Å². The molecule has 2 aromatic heterocycles. The average Bonchev–Trinajstić information content (AvgIpc) is 3.18. The molecule has 2 aromatic rings. The lowest BCUT2D eigenvalue weighted by Crippen LogP contribution is -2.38. The number of fused-ring (bicyclic) bond motifs is 1. The fourth-order valence-corrected chi connectivity index (χ4v) is 2.22. The van der Waals surface area contributed by atoms with Gasteiger partial charge in [0.1, 0.15) is 6.54 Å². The monoisotopic (exact) mass is 260 g/mol. The van der Waals surface area contributed by atoms with E-state index in [0.29, 0.717) is 11.6 Å². The topological polar surface area (TPSA) is 68.4 Å². The van der Waals surface area contributed by atoms with Gasteiger partial charge in [0.15, 0.2) is 5.65 Å². The van der Waals surface area contributed by atoms with Crippen molar-refractivity contribution in [3.63, 3.8) is 0 Å². The highest BCUT2D eigenvalue weighted by Crippen LogP contribution is 2.32. The maximum Gasteiger partial charge on any atom is 0.350 e. The van der Waals surface area contributed by atoms with Gasteiger partial charge in [-0.2, -0.15) is 0 Å². The molecule has 1 saturated carbocycles. The number of pyridine rings is 1. The molecular formula is C13H16N4O2. The van der Waals surface area contributed by atoms with Crippen molar-refractivity contribution < 1.29 is 4.79 Å². The molecule has 0 spiro atoms. The van der Waals surface area contributed by atoms with Crippen molar-refractivity contribution in [3.05, 3.63) is 34.9 Å². The fourth-order valence-electron chi connectivity index (χ4n) is 2.22. The van der Waals surface area contributed by atoms with Crippen molar-refractivity contribution >= 4 is 11.6 Å². The number of nitrogens with zero attached hydrogens (tertiary/aromatic N) is 3. The normalized spacial score (nSPS) is 16.5. The molecule has 0 bridgehead atoms. The van der Waals surface area contributed by atoms with Gasteiger partial charge in [-0.05, 0) is 37.8 Å². The van der Waals surface area contributed by atoms with Gasteiger partial charge in [-0.3, -0.25) is 9.20 Å². The van der Waals surface area contributed by atoms with Crippen molar-refractivity contribution in [2.75, 3.05) is 0 Å². The molecule has 6 heteroatoms. The second-order valence-electron chi connectivity index (χ2n) is 5.06. The van der Waals surface area contributed by atoms with Crippen LogP contribution in [0.5, 0.6) is 0 Å². The Morgan fingerprint density at radius 3 is 3.00 bits per heavy atom. The minimum atomic E-state index is -0.287. The smallest absolute Gasteiger partial charge is 0.350 e. The van der Waals surface area contributed by atoms with Gasteiger partial charge in [0.2, 0.25) is 5.91 Å². The zero-order chi connectivity index (χ0) is 13.4. The summed E-state index contributed by atoms with van der Waals surface area (Å²) in [5, 5.41) is 7.04. The van der Waals surface area contributed by atoms with Crippen molar-refractivity contribution in [2.24, 2.45) is 5.92 Å². The summed E-state index contributed by atoms with van der Waals surface area (Å²) in [5.41, 5.74) is 0.264. The van der Waals surface area contributed by atoms with E-state index in [1.165, 1.54) is 21.9 Å². The van der Waals surface area contributed by atoms with Gasteiger partial charge in [-0.1, -0.05) is 6.07 Å². The van der Waals surface area contributed by atoms with Crippen LogP contribution in [0.15, 0.2) is 29.2 Å². The van der Waals surface area contributed by atoms with E-state index in [-0.39, 0.29) is 24.2 Å². The molecule has 0 aliphatic heterocycles. The van der Waals surface area contributed by atoms with E-state index in [0.717, 1.165) is 0 Å². The largest absolute Gasteiger partial charge is 0.352 e. The number of amides is 1. The van der Waals surface area contributed by atoms with Gasteiger partial charge in [0, 0.05) is 12.2 Å². The van der Waals surface area contributed by atoms with E-state index in [1.54, 1.807) is 24.4 Å². The van der Waals surface area contributed by atoms with Crippen LogP contribution in [0.4, 0.5) is 0 Å². The molecule has 6 nitrogen and oxygen atoms in total. The minimum Gasteiger partial charge on any atom is -0.352 e. The van der Waals surface area contributed by atoms with E-state index in [1.807, 2.05) is 6.92 Å². The summed E-state index contributed by atoms with van der Waals surface area (Å²) in [6.07, 6.45) is 4.00. The second-order valence-corrected chi connectivity index (χ2v) is 5.06. The van der Waals surface area contributed by atoms with Gasteiger partial charge in [-0.25, -0.2) is 9.48 Å². The molecule has 1 amide bonds. The Bertz CT molecular complexity index is 669. The van der Waals surface area contributed by atoms with Crippen LogP contribution >= 0.6 is 0 Å². The summed E-state index contributed by atoms with van der Waals surface area (Å²) >= 11 is 0. The Balaban J connectivity index is 1.75. The van der Waals surface area contributed by atoms with Crippen LogP contribution in [0.2, 0.25) is 0 Å². The lowest BCUT2D eigenvalue weighted by Gasteiger charge is -2.11. The van der Waals surface area contributed by atoms with Crippen molar-refractivity contribution in [2.45, 2.75) is 32.4 Å². The number of hydrogen-bond donors (Lipinski definition) is 1. The Kier molecular flexibility index (Phi) is 2.85. The van der Waals surface area contributed by atoms with Crippen molar-refractivity contribution in [1.82, 2.24) is 19.5 Å². The highest BCUT2D eigenvalue weighted by molar-refractivity contribution is 5.76. The summed E-state index contributed by atoms with van der Waals surface area (Å²) in [4.78, 5) is 23.8. The van der Waals surface area contributed by atoms with E-state index in [2.05, 4.69) is 10.4 Å². The molecular weight excluding hydrogens is 244 g/mol. The standard InChI is InChI=1S/C13H16N4O2/c1-9(10-5-6-10)14-12(18)8-17-13(19)16-7-3-2-4-11(16)15-17/h2-4,7,9-10H,5-6,8H2,1H3,(H,14,18). The van der Waals surface area contributed by atoms with E-state index >= 15 is 0 Å². The minimum absolute atomic E-state index is 0.0302. The molecule has 1 aliphatic carbocycles. The Morgan fingerprint density at radius 2 is 2.32 bits per heavy atom. The van der Waals surface area contributed by atoms with Crippen LogP contribution in [0, 0.1) is 5.92 Å². The Labute approximate surface area is 110 Å². The van der Waals surface area contributed by atoms with E-state index in [4.69, 9.17) is 0 Å². The second kappa shape index (κ2) is 4.53. The third-order valence-electron chi connectivity index (χ3n) is 3.50. The quantitative estimate of drug-likeness (QED) is 0.865. The Morgan fingerprint density at radius 1 is 1.53 bits per heavy atom. The predicted molar refractivity (Wildman–Crippen MR) is 69.8 cm³/mol. The third-order valence-corrected chi connectivity index (χ3v) is 3.50. The summed E-state index contributed by atoms with van der Waals surface area (Å²) in [7, 11) is 0. The highest BCUT2D eigenvalue weighted by atomic mass is 16.2. The summed E-state index contributed by atoms with van der Waals surface area (Å²) in [5.74, 6) is 0.437. The van der Waals surface area contributed by atoms with Gasteiger partial charge >= 0.3 is 5.69 Å². The molecule has 1 N–H and O–H groups in total. The van der Waals surface area contributed by atoms with Crippen LogP contribution in [0.1, 0.15) is 19.8 Å². The molecule has 0 saturated heterocycles. The lowest BCUT2D eigenvalue weighted by atomic mass is 10.2. The number of rotatable bonds is 4. The molecule has 2 heterocycles. The molecule has 1 atom stereocenters. The molecule has 0 aromatic carbocycles. The number of hydrogen-bond acceptors (Lipinski definition) is 3. The van der Waals surface area contributed by atoms with Crippen LogP contribution in [0.25, 0.3) is 5.65 Å². The first-order valence-corrected chi connectivity index (χ1v) is 6.49. The molecule has 19 heavy (non-hydrogen) atoms. The maximum atomic E-state index is 12.0. The molecule has 1 fully saturated rings. The predicted octanol–water partition coefficient (Wildman–Crippen LogP) is 0.411. The lowest BCUT2D eigenvalue weighted by molar-refractivity contribution is -0.122. The van der Waals surface area contributed by atoms with Gasteiger partial charge in [0.25, 0.3) is 0 Å². The zero-order valence-corrected chi connectivity index (χ0v) is 10.7. The molecule has 3 rings (SSSR count). The number of carbonyl (C=O) groups is 1. The van der Waals surface area contributed by atoms with E-state index < -0.39 is 0 Å². The SMILES string of the molecule is CC(NC(=O)Cn1nc2ccccn2c1=O)C1CC1. The highest BCUT2D eigenvalue weighted by Gasteiger charge is 2.29. The van der Waals surface area contributed by atoms with Crippen LogP contribution in [-0.2, 0) is 11.3 Å². The summed E-state index contributed by atoms with van der Waals surface area (Å²) in [6, 6.07) is 5.49. The molecule has 100 valence electrons. The molecule has 0 radical (unpaired) electrons. The van der Waals surface area contributed by atoms with Crippen LogP contribution in [0.3, 0.4) is 0 Å². The zero-order valence-electron chi connectivity index (χ0n) is 10.7. The first kappa shape index (κ1) is 12.0. The van der Waals surface area contributed by atoms with Crippen molar-refractivity contribution in [1.29, 1.82) is 0 Å². The summed E-state index contributed by atoms with van der Waals surface area (Å²) in [6.45, 7) is 1.97. The molecule has 1 unspecified atom stereocenters. The maximum absolute atomic E-state index is 12.0. The summed E-state index contributed by atoms with van der Waals surface area (Å²) < 4.78 is 2.63. The van der Waals surface area contributed by atoms with Gasteiger partial charge in [-0.15, -0.1) is 5.10 Å². The molecule has 1 aliphatic rings. The van der Waals surface area contributed by atoms with E-state index in [9.17, 15) is 9.59 Å². The number of carbonyl (C=O) groups excluding carboxylic acids is 1. The fraction of sp³-hybridized carbons (Fsp3) is 0.462. The van der Waals surface area contributed by atoms with Gasteiger partial charge < -0.3 is 5.32 Å². The first-order valence-electron chi connectivity index (χ1n) is 6.49. The third kappa shape index (κ3) is 2.38. The Hall–Kier alpha value is -2.11. The van der Waals surface area contributed by atoms with Crippen LogP contribution < -0.4 is 11.0 Å². The van der Waals surface area contributed by atoms with Crippen molar-refractivity contribution in [3.8, 4) is 0 Å². The average molecular weight is 260 g/mol. The number of aromatic nitrogens is 3. The first-order chi connectivity index (χ1) is 9.15. The van der Waals surface area contributed by atoms with Gasteiger partial charge in [0.05, 0.1) is 0 Å². The number of nitrogens with one attached hydrogen (secondary N) is 1.